The molecular formula is C21H18N4O2. The van der Waals surface area contributed by atoms with Gasteiger partial charge in [-0.3, -0.25) is 9.36 Å². The summed E-state index contributed by atoms with van der Waals surface area (Å²) in [5.41, 5.74) is 3.08. The van der Waals surface area contributed by atoms with Gasteiger partial charge >= 0.3 is 0 Å². The Labute approximate surface area is 156 Å². The maximum absolute atomic E-state index is 12.4. The Morgan fingerprint density at radius 3 is 2.59 bits per heavy atom. The van der Waals surface area contributed by atoms with E-state index in [1.165, 1.54) is 0 Å². The van der Waals surface area contributed by atoms with Gasteiger partial charge in [0.1, 0.15) is 17.9 Å². The molecule has 0 fully saturated rings. The van der Waals surface area contributed by atoms with Gasteiger partial charge in [-0.05, 0) is 55.5 Å². The Bertz CT molecular complexity index is 1070. The number of para-hydroxylation sites is 2. The zero-order valence-electron chi connectivity index (χ0n) is 14.8. The molecule has 134 valence electrons. The molecule has 0 saturated carbocycles. The smallest absolute Gasteiger partial charge is 0.255 e. The molecule has 0 atom stereocenters. The number of fused-ring (bicyclic) bond motifs is 1. The number of rotatable bonds is 5. The van der Waals surface area contributed by atoms with Crippen LogP contribution >= 0.6 is 0 Å². The number of pyridine rings is 1. The third kappa shape index (κ3) is 3.50. The van der Waals surface area contributed by atoms with E-state index in [0.717, 1.165) is 22.6 Å². The van der Waals surface area contributed by atoms with E-state index in [-0.39, 0.29) is 5.91 Å². The molecule has 1 N–H and O–H groups in total. The highest BCUT2D eigenvalue weighted by Gasteiger charge is 2.08. The number of imidazole rings is 1. The Morgan fingerprint density at radius 1 is 1.04 bits per heavy atom. The van der Waals surface area contributed by atoms with Crippen molar-refractivity contribution in [2.45, 2.75) is 6.92 Å². The number of anilines is 1. The molecule has 6 heteroatoms. The highest BCUT2D eigenvalue weighted by molar-refractivity contribution is 6.04. The third-order valence-corrected chi connectivity index (χ3v) is 4.13. The second kappa shape index (κ2) is 7.29. The van der Waals surface area contributed by atoms with E-state index in [1.807, 2.05) is 47.9 Å². The fraction of sp³-hybridized carbons (Fsp3) is 0.0952. The first kappa shape index (κ1) is 16.8. The summed E-state index contributed by atoms with van der Waals surface area (Å²) in [6.07, 6.45) is 3.38. The van der Waals surface area contributed by atoms with E-state index < -0.39 is 0 Å². The van der Waals surface area contributed by atoms with Crippen LogP contribution in [0.3, 0.4) is 0 Å². The van der Waals surface area contributed by atoms with E-state index in [1.54, 1.807) is 36.8 Å². The summed E-state index contributed by atoms with van der Waals surface area (Å²) >= 11 is 0. The van der Waals surface area contributed by atoms with Crippen LogP contribution in [0.25, 0.3) is 16.9 Å². The molecule has 0 aliphatic heterocycles. The van der Waals surface area contributed by atoms with Gasteiger partial charge < -0.3 is 10.1 Å². The molecule has 0 spiro atoms. The topological polar surface area (TPSA) is 69.0 Å². The predicted octanol–water partition coefficient (Wildman–Crippen LogP) is 4.07. The van der Waals surface area contributed by atoms with Gasteiger partial charge in [0, 0.05) is 5.56 Å². The van der Waals surface area contributed by atoms with E-state index >= 15 is 0 Å². The Hall–Kier alpha value is -3.67. The van der Waals surface area contributed by atoms with Crippen molar-refractivity contribution in [3.8, 4) is 11.6 Å². The molecule has 2 aromatic carbocycles. The van der Waals surface area contributed by atoms with Crippen LogP contribution in [0.1, 0.15) is 17.3 Å². The summed E-state index contributed by atoms with van der Waals surface area (Å²) in [4.78, 5) is 21.2. The van der Waals surface area contributed by atoms with Crippen molar-refractivity contribution in [2.75, 3.05) is 11.9 Å². The number of amides is 1. The Morgan fingerprint density at radius 2 is 1.85 bits per heavy atom. The van der Waals surface area contributed by atoms with Crippen LogP contribution in [0.15, 0.2) is 73.2 Å². The Balaban J connectivity index is 1.50. The lowest BCUT2D eigenvalue weighted by atomic mass is 10.2. The standard InChI is InChI=1S/C21H18N4O2/c1-2-27-17-10-7-15(8-11-17)21(26)24-16-9-12-20(22-13-16)25-14-23-18-5-3-4-6-19(18)25/h3-14H,2H2,1H3,(H,24,26). The van der Waals surface area contributed by atoms with Gasteiger partial charge in [0.25, 0.3) is 5.91 Å². The maximum Gasteiger partial charge on any atom is 0.255 e. The zero-order valence-corrected chi connectivity index (χ0v) is 14.8. The lowest BCUT2D eigenvalue weighted by molar-refractivity contribution is 0.102. The summed E-state index contributed by atoms with van der Waals surface area (Å²) in [6.45, 7) is 2.51. The predicted molar refractivity (Wildman–Crippen MR) is 104 cm³/mol. The van der Waals surface area contributed by atoms with Crippen molar-refractivity contribution in [1.29, 1.82) is 0 Å². The lowest BCUT2D eigenvalue weighted by Crippen LogP contribution is -2.12. The lowest BCUT2D eigenvalue weighted by Gasteiger charge is -2.08. The number of nitrogens with zero attached hydrogens (tertiary/aromatic N) is 3. The van der Waals surface area contributed by atoms with Crippen LogP contribution in [0.4, 0.5) is 5.69 Å². The molecule has 0 aliphatic carbocycles. The quantitative estimate of drug-likeness (QED) is 0.584. The van der Waals surface area contributed by atoms with Gasteiger partial charge in [-0.15, -0.1) is 0 Å². The summed E-state index contributed by atoms with van der Waals surface area (Å²) in [5.74, 6) is 1.29. The Kier molecular flexibility index (Phi) is 4.53. The number of hydrogen-bond donors (Lipinski definition) is 1. The molecule has 6 nitrogen and oxygen atoms in total. The second-order valence-corrected chi connectivity index (χ2v) is 5.92. The van der Waals surface area contributed by atoms with Gasteiger partial charge in [0.2, 0.25) is 0 Å². The van der Waals surface area contributed by atoms with Gasteiger partial charge in [-0.1, -0.05) is 12.1 Å². The van der Waals surface area contributed by atoms with E-state index in [0.29, 0.717) is 17.9 Å². The van der Waals surface area contributed by atoms with E-state index in [9.17, 15) is 4.79 Å². The van der Waals surface area contributed by atoms with Crippen LogP contribution in [0, 0.1) is 0 Å². The van der Waals surface area contributed by atoms with Gasteiger partial charge in [-0.2, -0.15) is 0 Å². The average Bonchev–Trinajstić information content (AvgIpc) is 3.13. The number of ether oxygens (including phenoxy) is 1. The number of aromatic nitrogens is 3. The molecule has 2 heterocycles. The minimum atomic E-state index is -0.194. The van der Waals surface area contributed by atoms with E-state index in [4.69, 9.17) is 4.74 Å². The second-order valence-electron chi connectivity index (χ2n) is 5.92. The maximum atomic E-state index is 12.4. The van der Waals surface area contributed by atoms with Crippen molar-refractivity contribution < 1.29 is 9.53 Å². The molecule has 1 amide bonds. The van der Waals surface area contributed by atoms with Crippen LogP contribution in [-0.2, 0) is 0 Å². The van der Waals surface area contributed by atoms with Crippen LogP contribution in [0.5, 0.6) is 5.75 Å². The summed E-state index contributed by atoms with van der Waals surface area (Å²) in [7, 11) is 0. The molecule has 4 rings (SSSR count). The first-order chi connectivity index (χ1) is 13.2. The van der Waals surface area contributed by atoms with Crippen LogP contribution in [-0.4, -0.2) is 27.0 Å². The van der Waals surface area contributed by atoms with Crippen molar-refractivity contribution >= 4 is 22.6 Å². The fourth-order valence-corrected chi connectivity index (χ4v) is 2.82. The summed E-state index contributed by atoms with van der Waals surface area (Å²) in [5, 5.41) is 2.85. The zero-order chi connectivity index (χ0) is 18.6. The highest BCUT2D eigenvalue weighted by atomic mass is 16.5. The van der Waals surface area contributed by atoms with Gasteiger partial charge in [-0.25, -0.2) is 9.97 Å². The molecular weight excluding hydrogens is 340 g/mol. The minimum absolute atomic E-state index is 0.194. The summed E-state index contributed by atoms with van der Waals surface area (Å²) < 4.78 is 7.30. The molecule has 0 aliphatic rings. The van der Waals surface area contributed by atoms with Gasteiger partial charge in [0.15, 0.2) is 0 Å². The monoisotopic (exact) mass is 358 g/mol. The van der Waals surface area contributed by atoms with Crippen molar-refractivity contribution in [2.24, 2.45) is 0 Å². The van der Waals surface area contributed by atoms with E-state index in [2.05, 4.69) is 15.3 Å². The van der Waals surface area contributed by atoms with Gasteiger partial charge in [0.05, 0.1) is 29.5 Å². The summed E-state index contributed by atoms with van der Waals surface area (Å²) in [6, 6.07) is 18.6. The molecule has 2 aromatic heterocycles. The number of nitrogens with one attached hydrogen (secondary N) is 1. The molecule has 0 radical (unpaired) electrons. The number of carbonyl (C=O) groups excluding carboxylic acids is 1. The largest absolute Gasteiger partial charge is 0.494 e. The molecule has 0 unspecified atom stereocenters. The fourth-order valence-electron chi connectivity index (χ4n) is 2.82. The molecule has 4 aromatic rings. The normalized spacial score (nSPS) is 10.7. The number of hydrogen-bond acceptors (Lipinski definition) is 4. The minimum Gasteiger partial charge on any atom is -0.494 e. The third-order valence-electron chi connectivity index (χ3n) is 4.13. The highest BCUT2D eigenvalue weighted by Crippen LogP contribution is 2.18. The number of benzene rings is 2. The van der Waals surface area contributed by atoms with Crippen LogP contribution in [0.2, 0.25) is 0 Å². The van der Waals surface area contributed by atoms with Crippen molar-refractivity contribution in [3.05, 3.63) is 78.8 Å². The van der Waals surface area contributed by atoms with Crippen molar-refractivity contribution in [1.82, 2.24) is 14.5 Å². The average molecular weight is 358 g/mol. The molecule has 0 bridgehead atoms. The van der Waals surface area contributed by atoms with Crippen LogP contribution < -0.4 is 10.1 Å². The first-order valence-electron chi connectivity index (χ1n) is 8.67. The number of carbonyl (C=O) groups is 1. The molecule has 27 heavy (non-hydrogen) atoms. The molecule has 0 saturated heterocycles. The van der Waals surface area contributed by atoms with Crippen molar-refractivity contribution in [3.63, 3.8) is 0 Å². The first-order valence-corrected chi connectivity index (χ1v) is 8.67. The SMILES string of the molecule is CCOc1ccc(C(=O)Nc2ccc(-n3cnc4ccccc43)nc2)cc1.